The van der Waals surface area contributed by atoms with Crippen LogP contribution in [0.5, 0.6) is 0 Å². The van der Waals surface area contributed by atoms with Gasteiger partial charge in [-0.25, -0.2) is 4.98 Å². The van der Waals surface area contributed by atoms with Gasteiger partial charge in [-0.2, -0.15) is 13.2 Å². The second-order valence-corrected chi connectivity index (χ2v) is 5.62. The summed E-state index contributed by atoms with van der Waals surface area (Å²) in [6, 6.07) is 5.94. The monoisotopic (exact) mass is 340 g/mol. The van der Waals surface area contributed by atoms with E-state index in [1.54, 1.807) is 0 Å². The fourth-order valence-electron chi connectivity index (χ4n) is 1.36. The second-order valence-electron chi connectivity index (χ2n) is 3.60. The molecule has 0 aliphatic heterocycles. The number of aromatic nitrogens is 1. The third kappa shape index (κ3) is 3.41. The highest BCUT2D eigenvalue weighted by Gasteiger charge is 2.39. The first-order valence-electron chi connectivity index (χ1n) is 5.08. The Labute approximate surface area is 125 Å². The van der Waals surface area contributed by atoms with Gasteiger partial charge in [-0.3, -0.25) is 4.79 Å². The molecule has 3 nitrogen and oxygen atoms in total. The van der Waals surface area contributed by atoms with Crippen molar-refractivity contribution >= 4 is 46.1 Å². The minimum atomic E-state index is -4.74. The van der Waals surface area contributed by atoms with Crippen LogP contribution in [0, 0.1) is 0 Å². The fourth-order valence-corrected chi connectivity index (χ4v) is 2.51. The summed E-state index contributed by atoms with van der Waals surface area (Å²) in [7, 11) is 0. The molecule has 0 aliphatic rings. The summed E-state index contributed by atoms with van der Waals surface area (Å²) in [6.07, 6.45) is -4.74. The van der Waals surface area contributed by atoms with Crippen molar-refractivity contribution < 1.29 is 18.0 Å². The SMILES string of the molecule is O=C(Nc1ccc(Cl)cc1)c1sc(Cl)nc1C(F)(F)F. The van der Waals surface area contributed by atoms with E-state index in [1.807, 2.05) is 0 Å². The second kappa shape index (κ2) is 5.59. The number of halogens is 5. The Morgan fingerprint density at radius 2 is 1.80 bits per heavy atom. The molecule has 1 N–H and O–H groups in total. The van der Waals surface area contributed by atoms with Crippen LogP contribution in [-0.2, 0) is 6.18 Å². The standard InChI is InChI=1S/C11H5Cl2F3N2OS/c12-5-1-3-6(4-2-5)17-9(19)7-8(11(14,15)16)18-10(13)20-7/h1-4H,(H,17,19). The third-order valence-corrected chi connectivity index (χ3v) is 3.59. The number of rotatable bonds is 2. The molecule has 1 heterocycles. The molecule has 0 bridgehead atoms. The first-order chi connectivity index (χ1) is 9.27. The topological polar surface area (TPSA) is 42.0 Å². The van der Waals surface area contributed by atoms with Crippen molar-refractivity contribution in [2.45, 2.75) is 6.18 Å². The average Bonchev–Trinajstić information content (AvgIpc) is 2.74. The predicted molar refractivity (Wildman–Crippen MR) is 71.5 cm³/mol. The van der Waals surface area contributed by atoms with Crippen molar-refractivity contribution in [2.24, 2.45) is 0 Å². The number of benzene rings is 1. The van der Waals surface area contributed by atoms with Gasteiger partial charge in [0.1, 0.15) is 4.88 Å². The van der Waals surface area contributed by atoms with Crippen LogP contribution in [0.3, 0.4) is 0 Å². The highest BCUT2D eigenvalue weighted by atomic mass is 35.5. The Morgan fingerprint density at radius 3 is 2.35 bits per heavy atom. The van der Waals surface area contributed by atoms with Gasteiger partial charge < -0.3 is 5.32 Å². The van der Waals surface area contributed by atoms with Crippen molar-refractivity contribution in [2.75, 3.05) is 5.32 Å². The normalized spacial score (nSPS) is 11.4. The van der Waals surface area contributed by atoms with E-state index >= 15 is 0 Å². The Bertz CT molecular complexity index is 640. The zero-order valence-corrected chi connectivity index (χ0v) is 11.8. The molecule has 1 aromatic carbocycles. The van der Waals surface area contributed by atoms with Gasteiger partial charge in [0.15, 0.2) is 10.2 Å². The molecule has 0 radical (unpaired) electrons. The van der Waals surface area contributed by atoms with Gasteiger partial charge in [-0.05, 0) is 24.3 Å². The molecule has 1 aromatic heterocycles. The molecule has 2 aromatic rings. The minimum absolute atomic E-state index is 0.317. The van der Waals surface area contributed by atoms with E-state index in [1.165, 1.54) is 24.3 Å². The van der Waals surface area contributed by atoms with Crippen LogP contribution in [0.1, 0.15) is 15.4 Å². The van der Waals surface area contributed by atoms with Gasteiger partial charge in [-0.1, -0.05) is 34.5 Å². The van der Waals surface area contributed by atoms with Crippen LogP contribution in [-0.4, -0.2) is 10.9 Å². The lowest BCUT2D eigenvalue weighted by atomic mass is 10.3. The average molecular weight is 341 g/mol. The Balaban J connectivity index is 2.28. The molecule has 0 fully saturated rings. The number of carbonyl (C=O) groups excluding carboxylic acids is 1. The van der Waals surface area contributed by atoms with Crippen LogP contribution in [0.2, 0.25) is 9.49 Å². The lowest BCUT2D eigenvalue weighted by molar-refractivity contribution is -0.141. The maximum absolute atomic E-state index is 12.7. The van der Waals surface area contributed by atoms with Gasteiger partial charge in [0.2, 0.25) is 0 Å². The smallest absolute Gasteiger partial charge is 0.321 e. The summed E-state index contributed by atoms with van der Waals surface area (Å²) >= 11 is 11.6. The predicted octanol–water partition coefficient (Wildman–Crippen LogP) is 4.72. The summed E-state index contributed by atoms with van der Waals surface area (Å²) in [5.74, 6) is -0.927. The molecule has 20 heavy (non-hydrogen) atoms. The lowest BCUT2D eigenvalue weighted by Crippen LogP contribution is -2.17. The van der Waals surface area contributed by atoms with Gasteiger partial charge in [0.05, 0.1) is 0 Å². The van der Waals surface area contributed by atoms with Crippen LogP contribution < -0.4 is 5.32 Å². The number of hydrogen-bond acceptors (Lipinski definition) is 3. The molecule has 0 unspecified atom stereocenters. The Morgan fingerprint density at radius 1 is 1.20 bits per heavy atom. The molecule has 0 saturated heterocycles. The maximum atomic E-state index is 12.7. The highest BCUT2D eigenvalue weighted by Crippen LogP contribution is 2.36. The molecule has 0 saturated carbocycles. The summed E-state index contributed by atoms with van der Waals surface area (Å²) in [5.41, 5.74) is -0.976. The number of anilines is 1. The van der Waals surface area contributed by atoms with Crippen LogP contribution in [0.25, 0.3) is 0 Å². The fraction of sp³-hybridized carbons (Fsp3) is 0.0909. The first-order valence-corrected chi connectivity index (χ1v) is 6.65. The van der Waals surface area contributed by atoms with E-state index in [0.29, 0.717) is 22.0 Å². The van der Waals surface area contributed by atoms with Crippen LogP contribution in [0.4, 0.5) is 18.9 Å². The first kappa shape index (κ1) is 15.1. The number of alkyl halides is 3. The summed E-state index contributed by atoms with van der Waals surface area (Å²) in [4.78, 5) is 14.4. The largest absolute Gasteiger partial charge is 0.435 e. The van der Waals surface area contributed by atoms with E-state index in [9.17, 15) is 18.0 Å². The van der Waals surface area contributed by atoms with Crippen molar-refractivity contribution in [3.8, 4) is 0 Å². The van der Waals surface area contributed by atoms with Gasteiger partial charge in [-0.15, -0.1) is 0 Å². The minimum Gasteiger partial charge on any atom is -0.321 e. The molecule has 1 amide bonds. The zero-order valence-electron chi connectivity index (χ0n) is 9.46. The van der Waals surface area contributed by atoms with Gasteiger partial charge >= 0.3 is 6.18 Å². The van der Waals surface area contributed by atoms with Crippen molar-refractivity contribution in [1.82, 2.24) is 4.98 Å². The van der Waals surface area contributed by atoms with Gasteiger partial charge in [0.25, 0.3) is 5.91 Å². The molecule has 2 rings (SSSR count). The van der Waals surface area contributed by atoms with E-state index < -0.39 is 22.7 Å². The molecule has 0 aliphatic carbocycles. The van der Waals surface area contributed by atoms with Crippen molar-refractivity contribution in [3.05, 3.63) is 44.3 Å². The molecule has 9 heteroatoms. The van der Waals surface area contributed by atoms with Crippen LogP contribution >= 0.6 is 34.5 Å². The molecular weight excluding hydrogens is 336 g/mol. The molecular formula is C11H5Cl2F3N2OS. The highest BCUT2D eigenvalue weighted by molar-refractivity contribution is 7.17. The number of carbonyl (C=O) groups is 1. The quantitative estimate of drug-likeness (QED) is 0.859. The number of thiazole rings is 1. The molecule has 0 spiro atoms. The van der Waals surface area contributed by atoms with E-state index in [-0.39, 0.29) is 4.47 Å². The van der Waals surface area contributed by atoms with Crippen molar-refractivity contribution in [1.29, 1.82) is 0 Å². The number of nitrogens with zero attached hydrogens (tertiary/aromatic N) is 1. The van der Waals surface area contributed by atoms with E-state index in [4.69, 9.17) is 23.2 Å². The third-order valence-electron chi connectivity index (χ3n) is 2.18. The van der Waals surface area contributed by atoms with E-state index in [2.05, 4.69) is 10.3 Å². The summed E-state index contributed by atoms with van der Waals surface area (Å²) in [6.45, 7) is 0. The lowest BCUT2D eigenvalue weighted by Gasteiger charge is -2.07. The van der Waals surface area contributed by atoms with Crippen LogP contribution in [0.15, 0.2) is 24.3 Å². The molecule has 0 atom stereocenters. The Kier molecular flexibility index (Phi) is 4.22. The number of nitrogens with one attached hydrogen (secondary N) is 1. The summed E-state index contributed by atoms with van der Waals surface area (Å²) < 4.78 is 37.8. The van der Waals surface area contributed by atoms with Crippen molar-refractivity contribution in [3.63, 3.8) is 0 Å². The summed E-state index contributed by atoms with van der Waals surface area (Å²) in [5, 5.41) is 2.77. The number of hydrogen-bond donors (Lipinski definition) is 1. The van der Waals surface area contributed by atoms with Gasteiger partial charge in [0, 0.05) is 10.7 Å². The Hall–Kier alpha value is -1.31. The number of amides is 1. The van der Waals surface area contributed by atoms with E-state index in [0.717, 1.165) is 0 Å². The zero-order chi connectivity index (χ0) is 14.9. The molecule has 106 valence electrons. The maximum Gasteiger partial charge on any atom is 0.435 e.